The Morgan fingerprint density at radius 3 is 2.58 bits per heavy atom. The van der Waals surface area contributed by atoms with Crippen LogP contribution in [0.5, 0.6) is 11.5 Å². The van der Waals surface area contributed by atoms with Gasteiger partial charge in [-0.25, -0.2) is 0 Å². The number of aryl methyl sites for hydroxylation is 1. The van der Waals surface area contributed by atoms with Crippen LogP contribution >= 0.6 is 0 Å². The number of ether oxygens (including phenoxy) is 1. The van der Waals surface area contributed by atoms with Crippen molar-refractivity contribution in [3.05, 3.63) is 59.7 Å². The molecule has 0 radical (unpaired) electrons. The number of phenolic OH excluding ortho intramolecular Hbond substituents is 1. The van der Waals surface area contributed by atoms with Crippen LogP contribution in [0.15, 0.2) is 48.5 Å². The highest BCUT2D eigenvalue weighted by Crippen LogP contribution is 2.31. The number of hydrogen-bond acceptors (Lipinski definition) is 3. The number of carbonyl (C=O) groups excluding carboxylic acids is 1. The number of rotatable bonds is 6. The average Bonchev–Trinajstić information content (AvgIpc) is 2.46. The molecule has 0 aliphatic carbocycles. The minimum Gasteiger partial charge on any atom is -0.504 e. The maximum Gasteiger partial charge on any atom is 0.161 e. The first-order valence-electron chi connectivity index (χ1n) is 6.22. The van der Waals surface area contributed by atoms with Gasteiger partial charge in [0.25, 0.3) is 0 Å². The molecule has 2 rings (SSSR count). The molecule has 2 aromatic carbocycles. The molecule has 98 valence electrons. The number of benzene rings is 2. The van der Waals surface area contributed by atoms with Gasteiger partial charge in [-0.1, -0.05) is 42.5 Å². The lowest BCUT2D eigenvalue weighted by atomic mass is 10.1. The predicted octanol–water partition coefficient (Wildman–Crippen LogP) is 3.10. The van der Waals surface area contributed by atoms with E-state index in [1.54, 1.807) is 12.1 Å². The van der Waals surface area contributed by atoms with Crippen LogP contribution in [0.2, 0.25) is 0 Å². The van der Waals surface area contributed by atoms with Crippen LogP contribution < -0.4 is 4.74 Å². The molecule has 0 aliphatic heterocycles. The number of aromatic hydroxyl groups is 1. The van der Waals surface area contributed by atoms with E-state index in [9.17, 15) is 9.90 Å². The number of hydrogen-bond donors (Lipinski definition) is 1. The van der Waals surface area contributed by atoms with Gasteiger partial charge < -0.3 is 14.6 Å². The third kappa shape index (κ3) is 3.58. The second-order valence-corrected chi connectivity index (χ2v) is 4.24. The lowest BCUT2D eigenvalue weighted by Gasteiger charge is -2.10. The van der Waals surface area contributed by atoms with Crippen LogP contribution in [-0.2, 0) is 17.8 Å². The molecule has 0 unspecified atom stereocenters. The molecule has 3 heteroatoms. The molecular formula is C16H16O3. The molecule has 0 saturated carbocycles. The monoisotopic (exact) mass is 256 g/mol. The topological polar surface area (TPSA) is 46.5 Å². The van der Waals surface area contributed by atoms with Gasteiger partial charge in [0.1, 0.15) is 12.9 Å². The van der Waals surface area contributed by atoms with Crippen molar-refractivity contribution in [1.29, 1.82) is 0 Å². The lowest BCUT2D eigenvalue weighted by molar-refractivity contribution is -0.107. The van der Waals surface area contributed by atoms with Crippen molar-refractivity contribution in [2.45, 2.75) is 19.4 Å². The van der Waals surface area contributed by atoms with Crippen molar-refractivity contribution in [3.63, 3.8) is 0 Å². The molecule has 1 N–H and O–H groups in total. The zero-order valence-corrected chi connectivity index (χ0v) is 10.6. The Hall–Kier alpha value is -2.29. The number of phenols is 1. The predicted molar refractivity (Wildman–Crippen MR) is 73.3 cm³/mol. The van der Waals surface area contributed by atoms with Gasteiger partial charge in [0.05, 0.1) is 0 Å². The fourth-order valence-corrected chi connectivity index (χ4v) is 1.84. The Morgan fingerprint density at radius 1 is 1.05 bits per heavy atom. The van der Waals surface area contributed by atoms with Gasteiger partial charge in [-0.3, -0.25) is 0 Å². The van der Waals surface area contributed by atoms with Gasteiger partial charge in [0, 0.05) is 6.42 Å². The van der Waals surface area contributed by atoms with E-state index in [1.807, 2.05) is 36.4 Å². The van der Waals surface area contributed by atoms with Crippen LogP contribution in [0.3, 0.4) is 0 Å². The lowest BCUT2D eigenvalue weighted by Crippen LogP contribution is -1.97. The van der Waals surface area contributed by atoms with Crippen molar-refractivity contribution >= 4 is 6.29 Å². The fourth-order valence-electron chi connectivity index (χ4n) is 1.84. The molecule has 0 aliphatic rings. The third-order valence-corrected chi connectivity index (χ3v) is 2.85. The quantitative estimate of drug-likeness (QED) is 0.808. The summed E-state index contributed by atoms with van der Waals surface area (Å²) in [5.74, 6) is 0.576. The summed E-state index contributed by atoms with van der Waals surface area (Å²) in [6.07, 6.45) is 1.77. The van der Waals surface area contributed by atoms with Crippen LogP contribution in [0.25, 0.3) is 0 Å². The van der Waals surface area contributed by atoms with Crippen molar-refractivity contribution < 1.29 is 14.6 Å². The number of para-hydroxylation sites is 1. The summed E-state index contributed by atoms with van der Waals surface area (Å²) in [5.41, 5.74) is 1.78. The highest BCUT2D eigenvalue weighted by atomic mass is 16.5. The minimum atomic E-state index is 0.125. The standard InChI is InChI=1S/C16H16O3/c17-11-5-9-14-8-4-10-15(16(14)18)19-12-13-6-2-1-3-7-13/h1-4,6-8,10-11,18H,5,9,12H2. The average molecular weight is 256 g/mol. The molecule has 0 saturated heterocycles. The smallest absolute Gasteiger partial charge is 0.161 e. The summed E-state index contributed by atoms with van der Waals surface area (Å²) >= 11 is 0. The van der Waals surface area contributed by atoms with Gasteiger partial charge in [0.2, 0.25) is 0 Å². The normalized spacial score (nSPS) is 10.1. The Bertz CT molecular complexity index is 535. The van der Waals surface area contributed by atoms with E-state index in [0.717, 1.165) is 17.4 Å². The third-order valence-electron chi connectivity index (χ3n) is 2.85. The molecule has 0 heterocycles. The SMILES string of the molecule is O=CCCc1cccc(OCc2ccccc2)c1O. The molecule has 3 nitrogen and oxygen atoms in total. The zero-order valence-electron chi connectivity index (χ0n) is 10.6. The first-order chi connectivity index (χ1) is 9.31. The van der Waals surface area contributed by atoms with E-state index in [1.165, 1.54) is 0 Å². The Kier molecular flexibility index (Phi) is 4.56. The Morgan fingerprint density at radius 2 is 1.84 bits per heavy atom. The van der Waals surface area contributed by atoms with Gasteiger partial charge >= 0.3 is 0 Å². The summed E-state index contributed by atoms with van der Waals surface area (Å²) in [4.78, 5) is 10.4. The highest BCUT2D eigenvalue weighted by Gasteiger charge is 2.07. The molecule has 0 bridgehead atoms. The molecule has 0 amide bonds. The Labute approximate surface area is 112 Å². The number of aldehydes is 1. The molecule has 0 atom stereocenters. The second kappa shape index (κ2) is 6.59. The van der Waals surface area contributed by atoms with Crippen LogP contribution in [-0.4, -0.2) is 11.4 Å². The van der Waals surface area contributed by atoms with Crippen molar-refractivity contribution in [2.75, 3.05) is 0 Å². The van der Waals surface area contributed by atoms with E-state index in [2.05, 4.69) is 0 Å². The zero-order chi connectivity index (χ0) is 13.5. The largest absolute Gasteiger partial charge is 0.504 e. The van der Waals surface area contributed by atoms with E-state index in [0.29, 0.717) is 25.2 Å². The van der Waals surface area contributed by atoms with Gasteiger partial charge in [-0.2, -0.15) is 0 Å². The molecule has 0 fully saturated rings. The van der Waals surface area contributed by atoms with Gasteiger partial charge in [-0.15, -0.1) is 0 Å². The van der Waals surface area contributed by atoms with E-state index < -0.39 is 0 Å². The fraction of sp³-hybridized carbons (Fsp3) is 0.188. The molecule has 19 heavy (non-hydrogen) atoms. The van der Waals surface area contributed by atoms with E-state index >= 15 is 0 Å². The summed E-state index contributed by atoms with van der Waals surface area (Å²) in [6.45, 7) is 0.408. The second-order valence-electron chi connectivity index (χ2n) is 4.24. The highest BCUT2D eigenvalue weighted by molar-refractivity contribution is 5.52. The molecule has 0 spiro atoms. The van der Waals surface area contributed by atoms with Gasteiger partial charge in [0.15, 0.2) is 11.5 Å². The van der Waals surface area contributed by atoms with Crippen LogP contribution in [0.1, 0.15) is 17.5 Å². The maximum absolute atomic E-state index is 10.4. The van der Waals surface area contributed by atoms with Crippen molar-refractivity contribution in [2.24, 2.45) is 0 Å². The van der Waals surface area contributed by atoms with Crippen LogP contribution in [0, 0.1) is 0 Å². The van der Waals surface area contributed by atoms with Gasteiger partial charge in [-0.05, 0) is 23.6 Å². The molecular weight excluding hydrogens is 240 g/mol. The maximum atomic E-state index is 10.4. The van der Waals surface area contributed by atoms with E-state index in [4.69, 9.17) is 4.74 Å². The summed E-state index contributed by atoms with van der Waals surface area (Å²) in [6, 6.07) is 15.1. The van der Waals surface area contributed by atoms with Crippen molar-refractivity contribution in [1.82, 2.24) is 0 Å². The minimum absolute atomic E-state index is 0.125. The van der Waals surface area contributed by atoms with E-state index in [-0.39, 0.29) is 5.75 Å². The summed E-state index contributed by atoms with van der Waals surface area (Å²) < 4.78 is 5.61. The molecule has 2 aromatic rings. The summed E-state index contributed by atoms with van der Waals surface area (Å²) in [7, 11) is 0. The number of carbonyl (C=O) groups is 1. The van der Waals surface area contributed by atoms with Crippen molar-refractivity contribution in [3.8, 4) is 11.5 Å². The first kappa shape index (κ1) is 13.1. The summed E-state index contributed by atoms with van der Waals surface area (Å²) in [5, 5.41) is 10.1. The Balaban J connectivity index is 2.06. The first-order valence-corrected chi connectivity index (χ1v) is 6.22. The van der Waals surface area contributed by atoms with Crippen LogP contribution in [0.4, 0.5) is 0 Å². The molecule has 0 aromatic heterocycles.